The van der Waals surface area contributed by atoms with Crippen molar-refractivity contribution >= 4 is 46.2 Å². The second kappa shape index (κ2) is 9.91. The molecule has 0 bridgehead atoms. The molecule has 0 saturated heterocycles. The van der Waals surface area contributed by atoms with Crippen molar-refractivity contribution in [2.45, 2.75) is 68.7 Å². The van der Waals surface area contributed by atoms with E-state index in [1.54, 1.807) is 0 Å². The zero-order valence-corrected chi connectivity index (χ0v) is 18.4. The molecule has 1 heterocycles. The standard InChI is InChI=1S/C22H28N2S3/c1-3-24(19-7-5-4-6-8-19)22(26)18-9-10-21-20(15-18)17(12-14-27-21)11-13-23-16(2)25/h1,9-10,15,17,19H,4-8,11-14H2,2H3,(H,23,25). The number of hydrogen-bond donors (Lipinski definition) is 1. The van der Waals surface area contributed by atoms with Crippen molar-refractivity contribution in [1.82, 2.24) is 10.2 Å². The molecule has 1 unspecified atom stereocenters. The molecule has 0 spiro atoms. The summed E-state index contributed by atoms with van der Waals surface area (Å²) in [7, 11) is 0. The number of fused-ring (bicyclic) bond motifs is 1. The van der Waals surface area contributed by atoms with Crippen LogP contribution >= 0.6 is 36.2 Å². The summed E-state index contributed by atoms with van der Waals surface area (Å²) in [5.74, 6) is 1.73. The third kappa shape index (κ3) is 5.25. The predicted octanol–water partition coefficient (Wildman–Crippen LogP) is 5.49. The van der Waals surface area contributed by atoms with Crippen molar-refractivity contribution < 1.29 is 0 Å². The summed E-state index contributed by atoms with van der Waals surface area (Å²) in [6, 6.07) is 9.96. The zero-order valence-electron chi connectivity index (χ0n) is 16.0. The zero-order chi connectivity index (χ0) is 19.2. The molecular formula is C22H28N2S3. The van der Waals surface area contributed by atoms with Gasteiger partial charge >= 0.3 is 0 Å². The lowest BCUT2D eigenvalue weighted by atomic mass is 9.90. The number of thioether (sulfide) groups is 1. The molecule has 0 amide bonds. The minimum Gasteiger partial charge on any atom is -0.380 e. The summed E-state index contributed by atoms with van der Waals surface area (Å²) >= 11 is 12.9. The van der Waals surface area contributed by atoms with Crippen molar-refractivity contribution in [1.29, 1.82) is 0 Å². The first-order valence-electron chi connectivity index (χ1n) is 9.91. The van der Waals surface area contributed by atoms with E-state index in [2.05, 4.69) is 29.6 Å². The molecule has 0 aromatic heterocycles. The molecule has 1 aliphatic heterocycles. The van der Waals surface area contributed by atoms with Crippen LogP contribution in [-0.4, -0.2) is 33.2 Å². The highest BCUT2D eigenvalue weighted by Crippen LogP contribution is 2.40. The van der Waals surface area contributed by atoms with E-state index in [1.165, 1.54) is 41.9 Å². The number of nitrogens with zero attached hydrogens (tertiary/aromatic N) is 1. The summed E-state index contributed by atoms with van der Waals surface area (Å²) in [5.41, 5.74) is 2.52. The van der Waals surface area contributed by atoms with Crippen molar-refractivity contribution in [2.75, 3.05) is 12.3 Å². The molecule has 2 nitrogen and oxygen atoms in total. The van der Waals surface area contributed by atoms with Crippen LogP contribution in [-0.2, 0) is 0 Å². The summed E-state index contributed by atoms with van der Waals surface area (Å²) in [5, 5.41) is 3.30. The smallest absolute Gasteiger partial charge is 0.121 e. The molecule has 1 aliphatic carbocycles. The van der Waals surface area contributed by atoms with E-state index >= 15 is 0 Å². The van der Waals surface area contributed by atoms with E-state index in [0.717, 1.165) is 41.3 Å². The average molecular weight is 417 g/mol. The molecule has 1 aromatic rings. The fraction of sp³-hybridized carbons (Fsp3) is 0.545. The Hall–Kier alpha value is -1.09. The highest BCUT2D eigenvalue weighted by atomic mass is 32.2. The Balaban J connectivity index is 1.77. The maximum absolute atomic E-state index is 5.86. The third-order valence-electron chi connectivity index (χ3n) is 5.58. The minimum atomic E-state index is 0.396. The largest absolute Gasteiger partial charge is 0.380 e. The molecule has 1 N–H and O–H groups in total. The van der Waals surface area contributed by atoms with Gasteiger partial charge in [0.15, 0.2) is 0 Å². The second-order valence-electron chi connectivity index (χ2n) is 7.45. The first-order chi connectivity index (χ1) is 13.1. The highest BCUT2D eigenvalue weighted by molar-refractivity contribution is 7.99. The van der Waals surface area contributed by atoms with Gasteiger partial charge in [-0.3, -0.25) is 4.90 Å². The minimum absolute atomic E-state index is 0.396. The number of rotatable bonds is 5. The first kappa shape index (κ1) is 20.6. The maximum atomic E-state index is 5.86. The molecule has 1 fully saturated rings. The van der Waals surface area contributed by atoms with Gasteiger partial charge in [-0.2, -0.15) is 0 Å². The van der Waals surface area contributed by atoms with E-state index < -0.39 is 0 Å². The van der Waals surface area contributed by atoms with Crippen molar-refractivity contribution in [3.05, 3.63) is 29.3 Å². The SMILES string of the molecule is C#CN(C(=S)c1ccc2c(c1)C(CCNC(C)=S)CCS2)C1CCCCC1. The second-order valence-corrected chi connectivity index (χ2v) is 9.59. The Bertz CT molecular complexity index is 732. The van der Waals surface area contributed by atoms with E-state index in [9.17, 15) is 0 Å². The van der Waals surface area contributed by atoms with Gasteiger partial charge in [0.05, 0.1) is 4.99 Å². The lowest BCUT2D eigenvalue weighted by Crippen LogP contribution is -2.37. The van der Waals surface area contributed by atoms with Gasteiger partial charge in [-0.1, -0.05) is 56.2 Å². The number of nitrogens with one attached hydrogen (secondary N) is 1. The summed E-state index contributed by atoms with van der Waals surface area (Å²) in [4.78, 5) is 5.09. The summed E-state index contributed by atoms with van der Waals surface area (Å²) in [6.45, 7) is 2.87. The van der Waals surface area contributed by atoms with E-state index in [0.29, 0.717) is 12.0 Å². The lowest BCUT2D eigenvalue weighted by molar-refractivity contribution is 0.314. The maximum Gasteiger partial charge on any atom is 0.121 e. The molecule has 5 heteroatoms. The molecule has 1 saturated carbocycles. The number of terminal acetylenes is 1. The third-order valence-corrected chi connectivity index (χ3v) is 7.28. The van der Waals surface area contributed by atoms with Gasteiger partial charge in [-0.05, 0) is 62.0 Å². The van der Waals surface area contributed by atoms with Crippen molar-refractivity contribution in [3.63, 3.8) is 0 Å². The number of thiocarbonyl (C=S) groups is 2. The van der Waals surface area contributed by atoms with Crippen molar-refractivity contribution in [2.24, 2.45) is 0 Å². The average Bonchev–Trinajstić information content (AvgIpc) is 2.69. The van der Waals surface area contributed by atoms with Crippen LogP contribution < -0.4 is 5.32 Å². The van der Waals surface area contributed by atoms with Gasteiger partial charge in [0.25, 0.3) is 0 Å². The lowest BCUT2D eigenvalue weighted by Gasteiger charge is -2.32. The quantitative estimate of drug-likeness (QED) is 0.386. The Morgan fingerprint density at radius 3 is 2.74 bits per heavy atom. The van der Waals surface area contributed by atoms with E-state index in [4.69, 9.17) is 30.9 Å². The van der Waals surface area contributed by atoms with Crippen LogP contribution in [0.1, 0.15) is 68.9 Å². The Kier molecular flexibility index (Phi) is 7.57. The van der Waals surface area contributed by atoms with E-state index in [-0.39, 0.29) is 0 Å². The molecular weight excluding hydrogens is 388 g/mol. The fourth-order valence-corrected chi connectivity index (χ4v) is 5.74. The van der Waals surface area contributed by atoms with Crippen LogP contribution in [0.2, 0.25) is 0 Å². The predicted molar refractivity (Wildman–Crippen MR) is 125 cm³/mol. The van der Waals surface area contributed by atoms with E-state index in [1.807, 2.05) is 23.6 Å². The summed E-state index contributed by atoms with van der Waals surface area (Å²) in [6.07, 6.45) is 14.3. The van der Waals surface area contributed by atoms with Gasteiger partial charge in [0.2, 0.25) is 0 Å². The Morgan fingerprint density at radius 2 is 2.04 bits per heavy atom. The molecule has 3 rings (SSSR count). The highest BCUT2D eigenvalue weighted by Gasteiger charge is 2.25. The number of benzene rings is 1. The van der Waals surface area contributed by atoms with Crippen LogP contribution in [0.5, 0.6) is 0 Å². The fourth-order valence-electron chi connectivity index (χ4n) is 4.13. The monoisotopic (exact) mass is 416 g/mol. The molecule has 0 radical (unpaired) electrons. The molecule has 27 heavy (non-hydrogen) atoms. The van der Waals surface area contributed by atoms with Crippen molar-refractivity contribution in [3.8, 4) is 12.5 Å². The Labute approximate surface area is 178 Å². The molecule has 144 valence electrons. The van der Waals surface area contributed by atoms with Gasteiger partial charge < -0.3 is 5.32 Å². The van der Waals surface area contributed by atoms with Gasteiger partial charge in [0.1, 0.15) is 4.99 Å². The van der Waals surface area contributed by atoms with Crippen LogP contribution in [0.3, 0.4) is 0 Å². The van der Waals surface area contributed by atoms with Gasteiger partial charge in [-0.15, -0.1) is 11.8 Å². The molecule has 2 aliphatic rings. The van der Waals surface area contributed by atoms with Gasteiger partial charge in [-0.25, -0.2) is 0 Å². The van der Waals surface area contributed by atoms with Gasteiger partial charge in [0, 0.05) is 29.1 Å². The normalized spacial score (nSPS) is 19.6. The first-order valence-corrected chi connectivity index (χ1v) is 11.7. The van der Waals surface area contributed by atoms with Crippen LogP contribution in [0.25, 0.3) is 0 Å². The van der Waals surface area contributed by atoms with Crippen LogP contribution in [0, 0.1) is 12.5 Å². The molecule has 1 atom stereocenters. The number of hydrogen-bond acceptors (Lipinski definition) is 3. The van der Waals surface area contributed by atoms with Crippen LogP contribution in [0.15, 0.2) is 23.1 Å². The Morgan fingerprint density at radius 1 is 1.26 bits per heavy atom. The topological polar surface area (TPSA) is 15.3 Å². The molecule has 1 aromatic carbocycles. The van der Waals surface area contributed by atoms with Crippen LogP contribution in [0.4, 0.5) is 0 Å². The summed E-state index contributed by atoms with van der Waals surface area (Å²) < 4.78 is 0.